The summed E-state index contributed by atoms with van der Waals surface area (Å²) in [6.45, 7) is 7.63. The molecule has 1 aromatic rings. The van der Waals surface area contributed by atoms with Crippen molar-refractivity contribution in [2.75, 3.05) is 32.9 Å². The van der Waals surface area contributed by atoms with E-state index in [1.807, 2.05) is 19.1 Å². The van der Waals surface area contributed by atoms with E-state index in [4.69, 9.17) is 9.47 Å². The van der Waals surface area contributed by atoms with Gasteiger partial charge in [0.25, 0.3) is 0 Å². The van der Waals surface area contributed by atoms with E-state index in [0.29, 0.717) is 31.2 Å². The van der Waals surface area contributed by atoms with Gasteiger partial charge in [0.05, 0.1) is 24.9 Å². The number of benzene rings is 1. The van der Waals surface area contributed by atoms with Gasteiger partial charge in [0, 0.05) is 31.5 Å². The summed E-state index contributed by atoms with van der Waals surface area (Å²) in [4.78, 5) is 40.8. The number of nitrogens with zero attached hydrogens (tertiary/aromatic N) is 1. The van der Waals surface area contributed by atoms with Crippen LogP contribution in [0, 0.1) is 28.6 Å². The summed E-state index contributed by atoms with van der Waals surface area (Å²) < 4.78 is 10.8. The molecule has 2 N–H and O–H groups in total. The van der Waals surface area contributed by atoms with Gasteiger partial charge in [-0.2, -0.15) is 0 Å². The van der Waals surface area contributed by atoms with Crippen molar-refractivity contribution in [3.8, 4) is 0 Å². The number of esters is 1. The second kappa shape index (κ2) is 10.7. The predicted molar refractivity (Wildman–Crippen MR) is 151 cm³/mol. The Labute approximate surface area is 242 Å². The summed E-state index contributed by atoms with van der Waals surface area (Å²) in [5.74, 6) is -0.651. The molecule has 4 aliphatic carbocycles. The third-order valence-corrected chi connectivity index (χ3v) is 11.5. The van der Waals surface area contributed by atoms with Gasteiger partial charge in [0.2, 0.25) is 5.78 Å². The average Bonchev–Trinajstić information content (AvgIpc) is 3.23. The number of allylic oxidation sites excluding steroid dienone is 1. The summed E-state index contributed by atoms with van der Waals surface area (Å²) in [5, 5.41) is 23.5. The van der Waals surface area contributed by atoms with Crippen molar-refractivity contribution in [3.05, 3.63) is 47.0 Å². The Morgan fingerprint density at radius 3 is 2.54 bits per heavy atom. The van der Waals surface area contributed by atoms with Gasteiger partial charge in [0.15, 0.2) is 12.4 Å². The van der Waals surface area contributed by atoms with Crippen molar-refractivity contribution in [1.82, 2.24) is 4.90 Å². The molecule has 1 aromatic carbocycles. The minimum atomic E-state index is -1.66. The smallest absolute Gasteiger partial charge is 0.338 e. The zero-order chi connectivity index (χ0) is 29.0. The van der Waals surface area contributed by atoms with Crippen LogP contribution < -0.4 is 0 Å². The van der Waals surface area contributed by atoms with Crippen LogP contribution in [0.15, 0.2) is 35.9 Å². The Morgan fingerprint density at radius 1 is 1.07 bits per heavy atom. The molecule has 6 rings (SSSR count). The number of aliphatic hydroxyl groups excluding tert-OH is 1. The molecule has 0 amide bonds. The lowest BCUT2D eigenvalue weighted by molar-refractivity contribution is -0.182. The van der Waals surface area contributed by atoms with E-state index >= 15 is 0 Å². The van der Waals surface area contributed by atoms with Gasteiger partial charge in [-0.1, -0.05) is 31.6 Å². The quantitative estimate of drug-likeness (QED) is 0.504. The van der Waals surface area contributed by atoms with Crippen LogP contribution in [-0.4, -0.2) is 77.3 Å². The number of carbonyl (C=O) groups is 3. The Bertz CT molecular complexity index is 1240. The molecule has 0 bridgehead atoms. The number of rotatable bonds is 6. The minimum Gasteiger partial charge on any atom is -0.454 e. The van der Waals surface area contributed by atoms with Crippen LogP contribution in [0.4, 0.5) is 0 Å². The van der Waals surface area contributed by atoms with E-state index in [0.717, 1.165) is 63.2 Å². The summed E-state index contributed by atoms with van der Waals surface area (Å²) in [6, 6.07) is 7.23. The molecule has 3 saturated carbocycles. The number of ether oxygens (including phenoxy) is 2. The summed E-state index contributed by atoms with van der Waals surface area (Å²) in [7, 11) is 0. The molecule has 0 aromatic heterocycles. The van der Waals surface area contributed by atoms with Crippen molar-refractivity contribution in [2.24, 2.45) is 28.6 Å². The normalized spacial score (nSPS) is 38.8. The summed E-state index contributed by atoms with van der Waals surface area (Å²) >= 11 is 0. The monoisotopic (exact) mass is 565 g/mol. The van der Waals surface area contributed by atoms with Crippen LogP contribution >= 0.6 is 0 Å². The van der Waals surface area contributed by atoms with Gasteiger partial charge < -0.3 is 19.7 Å². The molecular formula is C33H43NO7. The molecule has 222 valence electrons. The number of carbonyl (C=O) groups excluding carboxylic acids is 3. The number of Topliss-reactive ketones (excluding diaryl/α,β-unsaturated/α-hetero) is 1. The Hall–Kier alpha value is -2.39. The van der Waals surface area contributed by atoms with Gasteiger partial charge in [-0.25, -0.2) is 4.79 Å². The average molecular weight is 566 g/mol. The highest BCUT2D eigenvalue weighted by atomic mass is 16.5. The molecular weight excluding hydrogens is 522 g/mol. The molecule has 1 aliphatic heterocycles. The first-order valence-corrected chi connectivity index (χ1v) is 15.3. The lowest BCUT2D eigenvalue weighted by Gasteiger charge is -2.60. The molecule has 1 heterocycles. The maximum Gasteiger partial charge on any atom is 0.338 e. The predicted octanol–water partition coefficient (Wildman–Crippen LogP) is 3.48. The first kappa shape index (κ1) is 28.7. The lowest BCUT2D eigenvalue weighted by atomic mass is 9.45. The standard InChI is InChI=1S/C33H43NO7/c1-31-11-9-24(35)17-23(31)7-8-25-26-10-12-33(39,32(26,2)18-27(36)29(25)31)28(37)20-41-30(38)22-5-3-21(4-6-22)19-34-13-15-40-16-14-34/h3-6,17,25-27,29,36,39H,7-16,18-20H2,1-2H3/t25?,26?,27?,29?,31?,32?,33-/m0/s1. The second-order valence-corrected chi connectivity index (χ2v) is 13.6. The maximum atomic E-state index is 13.6. The van der Waals surface area contributed by atoms with Gasteiger partial charge in [0.1, 0.15) is 5.60 Å². The van der Waals surface area contributed by atoms with Crippen LogP contribution in [0.3, 0.4) is 0 Å². The highest BCUT2D eigenvalue weighted by molar-refractivity contribution is 5.94. The van der Waals surface area contributed by atoms with Crippen LogP contribution in [0.2, 0.25) is 0 Å². The van der Waals surface area contributed by atoms with Crippen molar-refractivity contribution >= 4 is 17.5 Å². The SMILES string of the molecule is CC12CCC(=O)C=C1CCC1C2C(O)CC2(C)C1CC[C@]2(O)C(=O)COC(=O)c1ccc(CN2CCOCC2)cc1. The van der Waals surface area contributed by atoms with Gasteiger partial charge in [-0.15, -0.1) is 0 Å². The molecule has 5 aliphatic rings. The highest BCUT2D eigenvalue weighted by Crippen LogP contribution is 2.67. The Kier molecular flexibility index (Phi) is 7.50. The Balaban J connectivity index is 1.11. The zero-order valence-corrected chi connectivity index (χ0v) is 24.3. The number of morpholine rings is 1. The van der Waals surface area contributed by atoms with Gasteiger partial charge >= 0.3 is 5.97 Å². The molecule has 8 heteroatoms. The topological polar surface area (TPSA) is 113 Å². The molecule has 1 saturated heterocycles. The van der Waals surface area contributed by atoms with E-state index < -0.39 is 35.5 Å². The molecule has 6 unspecified atom stereocenters. The van der Waals surface area contributed by atoms with Crippen molar-refractivity contribution in [2.45, 2.75) is 77.0 Å². The number of hydrogen-bond acceptors (Lipinski definition) is 8. The first-order valence-electron chi connectivity index (χ1n) is 15.3. The number of fused-ring (bicyclic) bond motifs is 5. The van der Waals surface area contributed by atoms with E-state index in [1.54, 1.807) is 18.2 Å². The summed E-state index contributed by atoms with van der Waals surface area (Å²) in [6.07, 6.45) is 5.34. The second-order valence-electron chi connectivity index (χ2n) is 13.6. The van der Waals surface area contributed by atoms with Gasteiger partial charge in [-0.3, -0.25) is 14.5 Å². The largest absolute Gasteiger partial charge is 0.454 e. The van der Waals surface area contributed by atoms with Crippen molar-refractivity contribution < 1.29 is 34.1 Å². The van der Waals surface area contributed by atoms with Crippen molar-refractivity contribution in [1.29, 1.82) is 0 Å². The Morgan fingerprint density at radius 2 is 1.80 bits per heavy atom. The highest BCUT2D eigenvalue weighted by Gasteiger charge is 2.68. The zero-order valence-electron chi connectivity index (χ0n) is 24.3. The first-order chi connectivity index (χ1) is 19.5. The van der Waals surface area contributed by atoms with Crippen LogP contribution in [0.5, 0.6) is 0 Å². The molecule has 8 nitrogen and oxygen atoms in total. The molecule has 0 spiro atoms. The number of aliphatic hydroxyl groups is 2. The number of ketones is 2. The third-order valence-electron chi connectivity index (χ3n) is 11.5. The molecule has 0 radical (unpaired) electrons. The maximum absolute atomic E-state index is 13.6. The fourth-order valence-corrected chi connectivity index (χ4v) is 9.25. The van der Waals surface area contributed by atoms with Crippen LogP contribution in [-0.2, 0) is 25.6 Å². The number of hydrogen-bond donors (Lipinski definition) is 2. The fraction of sp³-hybridized carbons (Fsp3) is 0.667. The molecule has 7 atom stereocenters. The molecule has 4 fully saturated rings. The van der Waals surface area contributed by atoms with Crippen molar-refractivity contribution in [3.63, 3.8) is 0 Å². The lowest BCUT2D eigenvalue weighted by Crippen LogP contribution is -2.62. The van der Waals surface area contributed by atoms with Crippen LogP contribution in [0.1, 0.15) is 74.7 Å². The minimum absolute atomic E-state index is 0.00942. The van der Waals surface area contributed by atoms with E-state index in [9.17, 15) is 24.6 Å². The van der Waals surface area contributed by atoms with E-state index in [1.165, 1.54) is 0 Å². The summed E-state index contributed by atoms with van der Waals surface area (Å²) in [5.41, 5.74) is -0.0800. The van der Waals surface area contributed by atoms with E-state index in [2.05, 4.69) is 11.8 Å². The van der Waals surface area contributed by atoms with Gasteiger partial charge in [-0.05, 0) is 85.5 Å². The fourth-order valence-electron chi connectivity index (χ4n) is 9.25. The van der Waals surface area contributed by atoms with Crippen LogP contribution in [0.25, 0.3) is 0 Å². The van der Waals surface area contributed by atoms with E-state index in [-0.39, 0.29) is 29.0 Å². The molecule has 41 heavy (non-hydrogen) atoms. The third kappa shape index (κ3) is 4.81.